The van der Waals surface area contributed by atoms with Crippen LogP contribution in [-0.4, -0.2) is 30.5 Å². The van der Waals surface area contributed by atoms with E-state index in [1.807, 2.05) is 25.1 Å². The van der Waals surface area contributed by atoms with Gasteiger partial charge >= 0.3 is 5.97 Å². The van der Waals surface area contributed by atoms with Crippen molar-refractivity contribution in [2.75, 3.05) is 13.7 Å². The molecule has 0 unspecified atom stereocenters. The van der Waals surface area contributed by atoms with Gasteiger partial charge in [-0.2, -0.15) is 0 Å². The molecular formula is C16H16N2O3. The van der Waals surface area contributed by atoms with Crippen LogP contribution < -0.4 is 5.32 Å². The normalized spacial score (nSPS) is 10.8. The number of fused-ring (bicyclic) bond motifs is 1. The number of rotatable bonds is 4. The molecule has 1 aromatic carbocycles. The molecule has 5 nitrogen and oxygen atoms in total. The molecule has 1 amide bonds. The van der Waals surface area contributed by atoms with Gasteiger partial charge in [-0.1, -0.05) is 12.1 Å². The molecule has 21 heavy (non-hydrogen) atoms. The van der Waals surface area contributed by atoms with Crippen LogP contribution in [0.1, 0.15) is 15.9 Å². The number of carbonyl (C=O) groups is 2. The zero-order valence-corrected chi connectivity index (χ0v) is 11.9. The van der Waals surface area contributed by atoms with E-state index in [1.54, 1.807) is 18.5 Å². The molecule has 108 valence electrons. The second-order valence-electron chi connectivity index (χ2n) is 4.54. The number of carbonyl (C=O) groups excluding carboxylic acids is 2. The lowest BCUT2D eigenvalue weighted by atomic mass is 10.0. The Morgan fingerprint density at radius 2 is 2.19 bits per heavy atom. The number of methoxy groups -OCH3 is 1. The SMILES string of the molecule is COC(=O)/C=C/CNC(=O)c1cc(C)cc2ccncc12. The van der Waals surface area contributed by atoms with Crippen LogP contribution in [0, 0.1) is 6.92 Å². The Morgan fingerprint density at radius 3 is 2.95 bits per heavy atom. The zero-order chi connectivity index (χ0) is 15.2. The maximum Gasteiger partial charge on any atom is 0.330 e. The molecule has 0 fully saturated rings. The lowest BCUT2D eigenvalue weighted by Crippen LogP contribution is -2.23. The lowest BCUT2D eigenvalue weighted by Gasteiger charge is -2.08. The fraction of sp³-hybridized carbons (Fsp3) is 0.188. The summed E-state index contributed by atoms with van der Waals surface area (Å²) in [7, 11) is 1.30. The van der Waals surface area contributed by atoms with Gasteiger partial charge in [-0.15, -0.1) is 0 Å². The third kappa shape index (κ3) is 3.66. The van der Waals surface area contributed by atoms with Gasteiger partial charge in [0, 0.05) is 36.0 Å². The molecule has 1 N–H and O–H groups in total. The molecular weight excluding hydrogens is 268 g/mol. The van der Waals surface area contributed by atoms with Gasteiger partial charge in [0.2, 0.25) is 0 Å². The summed E-state index contributed by atoms with van der Waals surface area (Å²) >= 11 is 0. The topological polar surface area (TPSA) is 68.3 Å². The van der Waals surface area contributed by atoms with Crippen LogP contribution in [0.5, 0.6) is 0 Å². The van der Waals surface area contributed by atoms with E-state index in [-0.39, 0.29) is 12.5 Å². The zero-order valence-electron chi connectivity index (χ0n) is 11.9. The molecule has 0 radical (unpaired) electrons. The average molecular weight is 284 g/mol. The van der Waals surface area contributed by atoms with Crippen molar-refractivity contribution in [2.24, 2.45) is 0 Å². The Hall–Kier alpha value is -2.69. The number of hydrogen-bond donors (Lipinski definition) is 1. The van der Waals surface area contributed by atoms with Crippen LogP contribution in [0.15, 0.2) is 42.7 Å². The van der Waals surface area contributed by atoms with E-state index in [9.17, 15) is 9.59 Å². The largest absolute Gasteiger partial charge is 0.466 e. The summed E-state index contributed by atoms with van der Waals surface area (Å²) in [6.45, 7) is 2.19. The summed E-state index contributed by atoms with van der Waals surface area (Å²) in [6.07, 6.45) is 6.19. The van der Waals surface area contributed by atoms with Crippen LogP contribution in [0.3, 0.4) is 0 Å². The standard InChI is InChI=1S/C16H16N2O3/c1-11-8-12-5-7-17-10-14(12)13(9-11)16(20)18-6-3-4-15(19)21-2/h3-5,7-10H,6H2,1-2H3,(H,18,20)/b4-3+. The number of aromatic nitrogens is 1. The second kappa shape index (κ2) is 6.65. The first-order valence-electron chi connectivity index (χ1n) is 6.49. The van der Waals surface area contributed by atoms with Crippen molar-refractivity contribution < 1.29 is 14.3 Å². The first kappa shape index (κ1) is 14.7. The summed E-state index contributed by atoms with van der Waals surface area (Å²) in [5.41, 5.74) is 1.58. The van der Waals surface area contributed by atoms with E-state index in [0.717, 1.165) is 16.3 Å². The minimum atomic E-state index is -0.450. The number of esters is 1. The second-order valence-corrected chi connectivity index (χ2v) is 4.54. The van der Waals surface area contributed by atoms with Crippen molar-refractivity contribution >= 4 is 22.6 Å². The highest BCUT2D eigenvalue weighted by Crippen LogP contribution is 2.19. The number of amides is 1. The van der Waals surface area contributed by atoms with Gasteiger partial charge in [-0.25, -0.2) is 4.79 Å². The van der Waals surface area contributed by atoms with Gasteiger partial charge < -0.3 is 10.1 Å². The molecule has 0 aliphatic carbocycles. The maximum absolute atomic E-state index is 12.2. The average Bonchev–Trinajstić information content (AvgIpc) is 2.50. The van der Waals surface area contributed by atoms with Crippen LogP contribution in [0.25, 0.3) is 10.8 Å². The molecule has 0 saturated heterocycles. The van der Waals surface area contributed by atoms with Gasteiger partial charge in [-0.3, -0.25) is 9.78 Å². The Balaban J connectivity index is 2.16. The van der Waals surface area contributed by atoms with Crippen LogP contribution in [-0.2, 0) is 9.53 Å². The highest BCUT2D eigenvalue weighted by molar-refractivity contribution is 6.07. The van der Waals surface area contributed by atoms with Crippen LogP contribution in [0.4, 0.5) is 0 Å². The number of ether oxygens (including phenoxy) is 1. The van der Waals surface area contributed by atoms with Crippen molar-refractivity contribution in [3.63, 3.8) is 0 Å². The van der Waals surface area contributed by atoms with Crippen LogP contribution in [0.2, 0.25) is 0 Å². The fourth-order valence-electron chi connectivity index (χ4n) is 2.01. The molecule has 0 bridgehead atoms. The lowest BCUT2D eigenvalue weighted by molar-refractivity contribution is -0.134. The summed E-state index contributed by atoms with van der Waals surface area (Å²) in [4.78, 5) is 27.2. The Kier molecular flexibility index (Phi) is 4.66. The molecule has 5 heteroatoms. The predicted molar refractivity (Wildman–Crippen MR) is 80.0 cm³/mol. The molecule has 0 aliphatic heterocycles. The van der Waals surface area contributed by atoms with Crippen molar-refractivity contribution in [1.29, 1.82) is 0 Å². The summed E-state index contributed by atoms with van der Waals surface area (Å²) in [5.74, 6) is -0.652. The van der Waals surface area contributed by atoms with E-state index >= 15 is 0 Å². The molecule has 1 aromatic heterocycles. The van der Waals surface area contributed by atoms with Gasteiger partial charge in [0.25, 0.3) is 5.91 Å². The number of pyridine rings is 1. The van der Waals surface area contributed by atoms with E-state index in [4.69, 9.17) is 0 Å². The molecule has 0 spiro atoms. The summed E-state index contributed by atoms with van der Waals surface area (Å²) in [5, 5.41) is 4.51. The minimum Gasteiger partial charge on any atom is -0.466 e. The van der Waals surface area contributed by atoms with Gasteiger partial charge in [-0.05, 0) is 30.0 Å². The first-order valence-corrected chi connectivity index (χ1v) is 6.49. The Labute approximate surface area is 122 Å². The van der Waals surface area contributed by atoms with Crippen molar-refractivity contribution in [1.82, 2.24) is 10.3 Å². The van der Waals surface area contributed by atoms with Gasteiger partial charge in [0.1, 0.15) is 0 Å². The molecule has 1 heterocycles. The summed E-state index contributed by atoms with van der Waals surface area (Å²) < 4.78 is 4.47. The third-order valence-electron chi connectivity index (χ3n) is 2.98. The third-order valence-corrected chi connectivity index (χ3v) is 2.98. The number of nitrogens with zero attached hydrogens (tertiary/aromatic N) is 1. The van der Waals surface area contributed by atoms with Crippen molar-refractivity contribution in [2.45, 2.75) is 6.92 Å². The van der Waals surface area contributed by atoms with E-state index in [0.29, 0.717) is 5.56 Å². The number of nitrogens with one attached hydrogen (secondary N) is 1. The Bertz CT molecular complexity index is 708. The quantitative estimate of drug-likeness (QED) is 0.688. The van der Waals surface area contributed by atoms with Gasteiger partial charge in [0.15, 0.2) is 0 Å². The van der Waals surface area contributed by atoms with E-state index in [2.05, 4.69) is 15.0 Å². The van der Waals surface area contributed by atoms with Crippen LogP contribution >= 0.6 is 0 Å². The van der Waals surface area contributed by atoms with Crippen molar-refractivity contribution in [3.05, 3.63) is 53.9 Å². The van der Waals surface area contributed by atoms with E-state index in [1.165, 1.54) is 13.2 Å². The highest BCUT2D eigenvalue weighted by atomic mass is 16.5. The summed E-state index contributed by atoms with van der Waals surface area (Å²) in [6, 6.07) is 5.70. The van der Waals surface area contributed by atoms with Crippen molar-refractivity contribution in [3.8, 4) is 0 Å². The minimum absolute atomic E-state index is 0.203. The number of aryl methyl sites for hydroxylation is 1. The molecule has 2 rings (SSSR count). The first-order chi connectivity index (χ1) is 10.1. The maximum atomic E-state index is 12.2. The Morgan fingerprint density at radius 1 is 1.38 bits per heavy atom. The number of benzene rings is 1. The predicted octanol–water partition coefficient (Wildman–Crippen LogP) is 2.00. The fourth-order valence-corrected chi connectivity index (χ4v) is 2.01. The molecule has 0 atom stereocenters. The molecule has 0 aliphatic rings. The smallest absolute Gasteiger partial charge is 0.330 e. The molecule has 2 aromatic rings. The molecule has 0 saturated carbocycles. The van der Waals surface area contributed by atoms with Gasteiger partial charge in [0.05, 0.1) is 7.11 Å². The number of hydrogen-bond acceptors (Lipinski definition) is 4. The highest BCUT2D eigenvalue weighted by Gasteiger charge is 2.10. The monoisotopic (exact) mass is 284 g/mol. The van der Waals surface area contributed by atoms with E-state index < -0.39 is 5.97 Å².